The number of hydrogen-bond acceptors (Lipinski definition) is 4. The molecule has 16 heavy (non-hydrogen) atoms. The first-order chi connectivity index (χ1) is 7.78. The van der Waals surface area contributed by atoms with E-state index in [-0.39, 0.29) is 12.2 Å². The molecule has 4 heteroatoms. The Bertz CT molecular complexity index is 117. The molecule has 0 bridgehead atoms. The zero-order valence-corrected chi connectivity index (χ0v) is 11.0. The molecule has 0 radical (unpaired) electrons. The fraction of sp³-hybridized carbons (Fsp3) is 1.00. The van der Waals surface area contributed by atoms with Gasteiger partial charge in [0.2, 0.25) is 0 Å². The lowest BCUT2D eigenvalue weighted by Crippen LogP contribution is -2.15. The summed E-state index contributed by atoms with van der Waals surface area (Å²) in [5.74, 6) is 0. The highest BCUT2D eigenvalue weighted by molar-refractivity contribution is 4.53. The van der Waals surface area contributed by atoms with Crippen LogP contribution in [0.1, 0.15) is 39.5 Å². The molecular formula is C12H26O4. The van der Waals surface area contributed by atoms with Crippen molar-refractivity contribution in [1.82, 2.24) is 0 Å². The molecule has 0 rings (SSSR count). The second-order valence-electron chi connectivity index (χ2n) is 3.75. The predicted octanol–water partition coefficient (Wildman–Crippen LogP) is 2.56. The molecule has 4 nitrogen and oxygen atoms in total. The van der Waals surface area contributed by atoms with Crippen LogP contribution in [-0.2, 0) is 19.2 Å². The third kappa shape index (κ3) is 8.05. The van der Waals surface area contributed by atoms with Gasteiger partial charge in [-0.25, -0.2) is 9.78 Å². The van der Waals surface area contributed by atoms with Crippen molar-refractivity contribution in [3.63, 3.8) is 0 Å². The Kier molecular flexibility index (Phi) is 11.2. The second-order valence-corrected chi connectivity index (χ2v) is 3.75. The number of hydrogen-bond donors (Lipinski definition) is 0. The molecule has 0 aromatic heterocycles. The van der Waals surface area contributed by atoms with E-state index in [0.29, 0.717) is 13.2 Å². The van der Waals surface area contributed by atoms with Crippen LogP contribution in [0.25, 0.3) is 0 Å². The smallest absolute Gasteiger partial charge is 0.0847 e. The minimum Gasteiger partial charge on any atom is -0.381 e. The molecule has 0 saturated carbocycles. The Balaban J connectivity index is 3.26. The second kappa shape index (κ2) is 11.3. The summed E-state index contributed by atoms with van der Waals surface area (Å²) in [6.07, 6.45) is 4.28. The molecule has 0 heterocycles. The van der Waals surface area contributed by atoms with Crippen molar-refractivity contribution >= 4 is 0 Å². The van der Waals surface area contributed by atoms with Crippen molar-refractivity contribution < 1.29 is 19.2 Å². The van der Waals surface area contributed by atoms with Crippen molar-refractivity contribution in [2.45, 2.75) is 51.7 Å². The van der Waals surface area contributed by atoms with Crippen LogP contribution in [0.5, 0.6) is 0 Å². The average molecular weight is 234 g/mol. The molecule has 98 valence electrons. The highest BCUT2D eigenvalue weighted by atomic mass is 17.2. The maximum atomic E-state index is 5.22. The molecule has 0 aromatic carbocycles. The topological polar surface area (TPSA) is 36.9 Å². The van der Waals surface area contributed by atoms with Crippen molar-refractivity contribution in [3.05, 3.63) is 0 Å². The molecule has 0 spiro atoms. The molecule has 2 unspecified atom stereocenters. The Morgan fingerprint density at radius 2 is 1.12 bits per heavy atom. The minimum atomic E-state index is 0.269. The lowest BCUT2D eigenvalue weighted by Gasteiger charge is -2.14. The van der Waals surface area contributed by atoms with Gasteiger partial charge in [-0.3, -0.25) is 0 Å². The van der Waals surface area contributed by atoms with Gasteiger partial charge in [-0.2, -0.15) is 0 Å². The van der Waals surface area contributed by atoms with E-state index in [1.54, 1.807) is 14.2 Å². The summed E-state index contributed by atoms with van der Waals surface area (Å²) >= 11 is 0. The van der Waals surface area contributed by atoms with Gasteiger partial charge in [0.05, 0.1) is 25.4 Å². The van der Waals surface area contributed by atoms with Crippen LogP contribution in [0, 0.1) is 0 Å². The third-order valence-electron chi connectivity index (χ3n) is 2.71. The number of ether oxygens (including phenoxy) is 2. The van der Waals surface area contributed by atoms with Gasteiger partial charge in [-0.1, -0.05) is 13.8 Å². The standard InChI is InChI=1S/C12H26O4/c1-5-11(13-3)7-9-15-16-10-8-12(6-2)14-4/h11-12H,5-10H2,1-4H3. The molecule has 2 atom stereocenters. The van der Waals surface area contributed by atoms with Gasteiger partial charge >= 0.3 is 0 Å². The SMILES string of the molecule is CCC(CCOOCCC(CC)OC)OC. The Labute approximate surface area is 99.1 Å². The fourth-order valence-corrected chi connectivity index (χ4v) is 1.45. The van der Waals surface area contributed by atoms with Gasteiger partial charge in [-0.05, 0) is 12.8 Å². The summed E-state index contributed by atoms with van der Waals surface area (Å²) in [6, 6.07) is 0. The van der Waals surface area contributed by atoms with Crippen LogP contribution in [0.2, 0.25) is 0 Å². The normalized spacial score (nSPS) is 15.0. The molecular weight excluding hydrogens is 208 g/mol. The van der Waals surface area contributed by atoms with Crippen molar-refractivity contribution in [2.24, 2.45) is 0 Å². The molecule has 0 aromatic rings. The van der Waals surface area contributed by atoms with Crippen LogP contribution < -0.4 is 0 Å². The van der Waals surface area contributed by atoms with Gasteiger partial charge < -0.3 is 9.47 Å². The van der Waals surface area contributed by atoms with E-state index in [0.717, 1.165) is 25.7 Å². The van der Waals surface area contributed by atoms with E-state index in [1.807, 2.05) is 0 Å². The van der Waals surface area contributed by atoms with Crippen LogP contribution in [0.3, 0.4) is 0 Å². The molecule has 0 aliphatic rings. The summed E-state index contributed by atoms with van der Waals surface area (Å²) < 4.78 is 10.4. The molecule has 0 amide bonds. The maximum absolute atomic E-state index is 5.22. The summed E-state index contributed by atoms with van der Waals surface area (Å²) in [5, 5.41) is 0. The van der Waals surface area contributed by atoms with Crippen molar-refractivity contribution in [2.75, 3.05) is 27.4 Å². The minimum absolute atomic E-state index is 0.269. The van der Waals surface area contributed by atoms with Crippen LogP contribution in [-0.4, -0.2) is 39.6 Å². The fourth-order valence-electron chi connectivity index (χ4n) is 1.45. The Morgan fingerprint density at radius 3 is 1.38 bits per heavy atom. The number of methoxy groups -OCH3 is 2. The summed E-state index contributed by atoms with van der Waals surface area (Å²) in [5.41, 5.74) is 0. The first-order valence-electron chi connectivity index (χ1n) is 6.08. The van der Waals surface area contributed by atoms with Crippen LogP contribution in [0.15, 0.2) is 0 Å². The summed E-state index contributed by atoms with van der Waals surface area (Å²) in [4.78, 5) is 10.1. The van der Waals surface area contributed by atoms with Gasteiger partial charge in [0, 0.05) is 27.1 Å². The first-order valence-corrected chi connectivity index (χ1v) is 6.08. The van der Waals surface area contributed by atoms with Crippen molar-refractivity contribution in [3.8, 4) is 0 Å². The molecule has 0 saturated heterocycles. The monoisotopic (exact) mass is 234 g/mol. The number of rotatable bonds is 11. The first kappa shape index (κ1) is 15.8. The van der Waals surface area contributed by atoms with Gasteiger partial charge in [0.25, 0.3) is 0 Å². The predicted molar refractivity (Wildman–Crippen MR) is 63.3 cm³/mol. The highest BCUT2D eigenvalue weighted by Gasteiger charge is 2.05. The van der Waals surface area contributed by atoms with Crippen molar-refractivity contribution in [1.29, 1.82) is 0 Å². The summed E-state index contributed by atoms with van der Waals surface area (Å²) in [7, 11) is 3.44. The largest absolute Gasteiger partial charge is 0.381 e. The van der Waals surface area contributed by atoms with E-state index >= 15 is 0 Å². The molecule has 0 N–H and O–H groups in total. The van der Waals surface area contributed by atoms with E-state index in [9.17, 15) is 0 Å². The molecule has 0 fully saturated rings. The van der Waals surface area contributed by atoms with Gasteiger partial charge in [0.1, 0.15) is 0 Å². The van der Waals surface area contributed by atoms with Gasteiger partial charge in [0.15, 0.2) is 0 Å². The Morgan fingerprint density at radius 1 is 0.750 bits per heavy atom. The lowest BCUT2D eigenvalue weighted by atomic mass is 10.2. The highest BCUT2D eigenvalue weighted by Crippen LogP contribution is 2.04. The molecule has 0 aliphatic carbocycles. The Hall–Kier alpha value is -0.160. The van der Waals surface area contributed by atoms with E-state index in [4.69, 9.17) is 19.2 Å². The summed E-state index contributed by atoms with van der Waals surface area (Å²) in [6.45, 7) is 5.35. The van der Waals surface area contributed by atoms with Gasteiger partial charge in [-0.15, -0.1) is 0 Å². The average Bonchev–Trinajstić information content (AvgIpc) is 2.33. The van der Waals surface area contributed by atoms with Crippen LogP contribution >= 0.6 is 0 Å². The van der Waals surface area contributed by atoms with E-state index in [2.05, 4.69) is 13.8 Å². The molecule has 0 aliphatic heterocycles. The quantitative estimate of drug-likeness (QED) is 0.313. The zero-order chi connectivity index (χ0) is 12.2. The maximum Gasteiger partial charge on any atom is 0.0847 e. The van der Waals surface area contributed by atoms with E-state index in [1.165, 1.54) is 0 Å². The third-order valence-corrected chi connectivity index (χ3v) is 2.71. The van der Waals surface area contributed by atoms with Crippen LogP contribution in [0.4, 0.5) is 0 Å². The lowest BCUT2D eigenvalue weighted by molar-refractivity contribution is -0.299. The zero-order valence-electron chi connectivity index (χ0n) is 11.0. The van der Waals surface area contributed by atoms with E-state index < -0.39 is 0 Å².